The summed E-state index contributed by atoms with van der Waals surface area (Å²) in [6.45, 7) is 1.83. The molecule has 114 valence electrons. The van der Waals surface area contributed by atoms with Crippen molar-refractivity contribution < 1.29 is 13.6 Å². The van der Waals surface area contributed by atoms with Crippen LogP contribution >= 0.6 is 0 Å². The fraction of sp³-hybridized carbons (Fsp3) is 0.267. The van der Waals surface area contributed by atoms with Gasteiger partial charge in [0.2, 0.25) is 0 Å². The SMILES string of the molecule is O=C(Nc1cc(N2CCCC2)ncn1)c1ccc(F)cc1F. The number of halogens is 2. The number of rotatable bonds is 3. The van der Waals surface area contributed by atoms with Gasteiger partial charge in [-0.2, -0.15) is 0 Å². The first-order valence-electron chi connectivity index (χ1n) is 6.97. The summed E-state index contributed by atoms with van der Waals surface area (Å²) in [6, 6.07) is 4.45. The van der Waals surface area contributed by atoms with Crippen LogP contribution in [0.25, 0.3) is 0 Å². The molecule has 1 N–H and O–H groups in total. The molecule has 1 aliphatic rings. The molecule has 0 saturated carbocycles. The van der Waals surface area contributed by atoms with Crippen molar-refractivity contribution >= 4 is 17.5 Å². The van der Waals surface area contributed by atoms with Gasteiger partial charge in [0.25, 0.3) is 5.91 Å². The summed E-state index contributed by atoms with van der Waals surface area (Å²) >= 11 is 0. The third-order valence-corrected chi connectivity index (χ3v) is 3.50. The average Bonchev–Trinajstić information content (AvgIpc) is 3.01. The molecule has 2 heterocycles. The highest BCUT2D eigenvalue weighted by Gasteiger charge is 2.16. The minimum Gasteiger partial charge on any atom is -0.356 e. The molecular formula is C15H14F2N4O. The molecule has 0 atom stereocenters. The summed E-state index contributed by atoms with van der Waals surface area (Å²) in [5.74, 6) is -1.31. The number of hydrogen-bond donors (Lipinski definition) is 1. The van der Waals surface area contributed by atoms with E-state index in [1.165, 1.54) is 6.33 Å². The second kappa shape index (κ2) is 6.05. The largest absolute Gasteiger partial charge is 0.356 e. The van der Waals surface area contributed by atoms with Gasteiger partial charge in [-0.25, -0.2) is 18.7 Å². The summed E-state index contributed by atoms with van der Waals surface area (Å²) in [6.07, 6.45) is 3.56. The van der Waals surface area contributed by atoms with Gasteiger partial charge in [-0.15, -0.1) is 0 Å². The molecule has 0 bridgehead atoms. The van der Waals surface area contributed by atoms with Gasteiger partial charge in [0.05, 0.1) is 5.56 Å². The normalized spacial score (nSPS) is 14.2. The second-order valence-electron chi connectivity index (χ2n) is 5.03. The van der Waals surface area contributed by atoms with E-state index in [4.69, 9.17) is 0 Å². The quantitative estimate of drug-likeness (QED) is 0.947. The third-order valence-electron chi connectivity index (χ3n) is 3.50. The van der Waals surface area contributed by atoms with E-state index in [9.17, 15) is 13.6 Å². The Kier molecular flexibility index (Phi) is 3.95. The van der Waals surface area contributed by atoms with Crippen LogP contribution in [0.15, 0.2) is 30.6 Å². The standard InChI is InChI=1S/C15H14F2N4O/c16-10-3-4-11(12(17)7-10)15(22)20-13-8-14(19-9-18-13)21-5-1-2-6-21/h3-4,7-9H,1-2,5-6H2,(H,18,19,20,22). The van der Waals surface area contributed by atoms with E-state index >= 15 is 0 Å². The molecule has 2 aromatic rings. The Morgan fingerprint density at radius 2 is 1.91 bits per heavy atom. The Hall–Kier alpha value is -2.57. The van der Waals surface area contributed by atoms with Gasteiger partial charge in [0, 0.05) is 25.2 Å². The fourth-order valence-electron chi connectivity index (χ4n) is 2.39. The van der Waals surface area contributed by atoms with E-state index in [1.54, 1.807) is 6.07 Å². The Balaban J connectivity index is 1.77. The van der Waals surface area contributed by atoms with Crippen LogP contribution in [0.3, 0.4) is 0 Å². The van der Waals surface area contributed by atoms with Crippen LogP contribution in [-0.4, -0.2) is 29.0 Å². The predicted molar refractivity (Wildman–Crippen MR) is 77.8 cm³/mol. The summed E-state index contributed by atoms with van der Waals surface area (Å²) in [5.41, 5.74) is -0.234. The smallest absolute Gasteiger partial charge is 0.259 e. The third kappa shape index (κ3) is 3.03. The van der Waals surface area contributed by atoms with Crippen LogP contribution in [-0.2, 0) is 0 Å². The maximum absolute atomic E-state index is 13.6. The lowest BCUT2D eigenvalue weighted by Gasteiger charge is -2.16. The van der Waals surface area contributed by atoms with Crippen LogP contribution in [0, 0.1) is 11.6 Å². The van der Waals surface area contributed by atoms with E-state index in [0.717, 1.165) is 43.9 Å². The van der Waals surface area contributed by atoms with Crippen molar-refractivity contribution in [1.29, 1.82) is 0 Å². The van der Waals surface area contributed by atoms with Gasteiger partial charge < -0.3 is 10.2 Å². The monoisotopic (exact) mass is 304 g/mol. The first-order chi connectivity index (χ1) is 10.6. The Morgan fingerprint density at radius 1 is 1.14 bits per heavy atom. The lowest BCUT2D eigenvalue weighted by molar-refractivity contribution is 0.102. The van der Waals surface area contributed by atoms with Crippen molar-refractivity contribution in [3.05, 3.63) is 47.8 Å². The lowest BCUT2D eigenvalue weighted by atomic mass is 10.2. The molecule has 0 radical (unpaired) electrons. The van der Waals surface area contributed by atoms with Crippen molar-refractivity contribution in [2.24, 2.45) is 0 Å². The van der Waals surface area contributed by atoms with Gasteiger partial charge in [-0.05, 0) is 25.0 Å². The van der Waals surface area contributed by atoms with E-state index in [1.807, 2.05) is 0 Å². The molecule has 1 saturated heterocycles. The van der Waals surface area contributed by atoms with Gasteiger partial charge >= 0.3 is 0 Å². The molecule has 5 nitrogen and oxygen atoms in total. The van der Waals surface area contributed by atoms with Gasteiger partial charge in [0.1, 0.15) is 29.6 Å². The molecule has 0 spiro atoms. The zero-order valence-electron chi connectivity index (χ0n) is 11.7. The highest BCUT2D eigenvalue weighted by Crippen LogP contribution is 2.20. The number of nitrogens with one attached hydrogen (secondary N) is 1. The van der Waals surface area contributed by atoms with E-state index in [-0.39, 0.29) is 11.4 Å². The highest BCUT2D eigenvalue weighted by molar-refractivity contribution is 6.04. The molecule has 1 amide bonds. The maximum atomic E-state index is 13.6. The number of benzene rings is 1. The zero-order valence-corrected chi connectivity index (χ0v) is 11.7. The van der Waals surface area contributed by atoms with Crippen molar-refractivity contribution in [1.82, 2.24) is 9.97 Å². The van der Waals surface area contributed by atoms with Gasteiger partial charge in [0.15, 0.2) is 0 Å². The molecule has 1 fully saturated rings. The van der Waals surface area contributed by atoms with Gasteiger partial charge in [-0.3, -0.25) is 4.79 Å². The van der Waals surface area contributed by atoms with E-state index in [0.29, 0.717) is 6.07 Å². The second-order valence-corrected chi connectivity index (χ2v) is 5.03. The molecule has 0 unspecified atom stereocenters. The summed E-state index contributed by atoms with van der Waals surface area (Å²) < 4.78 is 26.5. The summed E-state index contributed by atoms with van der Waals surface area (Å²) in [4.78, 5) is 22.3. The minimum atomic E-state index is -0.911. The molecular weight excluding hydrogens is 290 g/mol. The Morgan fingerprint density at radius 3 is 2.64 bits per heavy atom. The van der Waals surface area contributed by atoms with Crippen LogP contribution < -0.4 is 10.2 Å². The number of aromatic nitrogens is 2. The summed E-state index contributed by atoms with van der Waals surface area (Å²) in [7, 11) is 0. The number of carbonyl (C=O) groups is 1. The number of anilines is 2. The van der Waals surface area contributed by atoms with E-state index < -0.39 is 17.5 Å². The molecule has 0 aliphatic carbocycles. The number of nitrogens with zero attached hydrogens (tertiary/aromatic N) is 3. The van der Waals surface area contributed by atoms with Crippen molar-refractivity contribution in [2.75, 3.05) is 23.3 Å². The number of carbonyl (C=O) groups excluding carboxylic acids is 1. The maximum Gasteiger partial charge on any atom is 0.259 e. The van der Waals surface area contributed by atoms with Crippen molar-refractivity contribution in [3.63, 3.8) is 0 Å². The molecule has 1 aliphatic heterocycles. The first kappa shape index (κ1) is 14.4. The lowest BCUT2D eigenvalue weighted by Crippen LogP contribution is -2.20. The van der Waals surface area contributed by atoms with Crippen LogP contribution in [0.4, 0.5) is 20.4 Å². The van der Waals surface area contributed by atoms with Crippen LogP contribution in [0.1, 0.15) is 23.2 Å². The van der Waals surface area contributed by atoms with Crippen LogP contribution in [0.2, 0.25) is 0 Å². The average molecular weight is 304 g/mol. The molecule has 1 aromatic heterocycles. The van der Waals surface area contributed by atoms with Crippen molar-refractivity contribution in [2.45, 2.75) is 12.8 Å². The Bertz CT molecular complexity index is 702. The molecule has 3 rings (SSSR count). The summed E-state index contributed by atoms with van der Waals surface area (Å²) in [5, 5.41) is 2.50. The number of amides is 1. The Labute approximate surface area is 126 Å². The van der Waals surface area contributed by atoms with Gasteiger partial charge in [-0.1, -0.05) is 0 Å². The molecule has 1 aromatic carbocycles. The number of hydrogen-bond acceptors (Lipinski definition) is 4. The zero-order chi connectivity index (χ0) is 15.5. The minimum absolute atomic E-state index is 0.234. The van der Waals surface area contributed by atoms with E-state index in [2.05, 4.69) is 20.2 Å². The van der Waals surface area contributed by atoms with Crippen molar-refractivity contribution in [3.8, 4) is 0 Å². The topological polar surface area (TPSA) is 58.1 Å². The first-order valence-corrected chi connectivity index (χ1v) is 6.97. The predicted octanol–water partition coefficient (Wildman–Crippen LogP) is 2.61. The molecule has 7 heteroatoms. The molecule has 22 heavy (non-hydrogen) atoms. The van der Waals surface area contributed by atoms with Crippen LogP contribution in [0.5, 0.6) is 0 Å². The fourth-order valence-corrected chi connectivity index (χ4v) is 2.39. The highest BCUT2D eigenvalue weighted by atomic mass is 19.1.